The van der Waals surface area contributed by atoms with Crippen LogP contribution in [0.15, 0.2) is 12.7 Å². The third-order valence-electron chi connectivity index (χ3n) is 3.73. The number of piperidine rings is 1. The van der Waals surface area contributed by atoms with Gasteiger partial charge >= 0.3 is 0 Å². The molecule has 1 amide bonds. The maximum atomic E-state index is 12.0. The lowest BCUT2D eigenvalue weighted by Gasteiger charge is -2.33. The van der Waals surface area contributed by atoms with E-state index in [1.165, 1.54) is 19.3 Å². The first-order valence-corrected chi connectivity index (χ1v) is 7.55. The summed E-state index contributed by atoms with van der Waals surface area (Å²) < 4.78 is 0. The minimum absolute atomic E-state index is 0.0661. The first-order valence-electron chi connectivity index (χ1n) is 7.55. The SMILES string of the molecule is C=CCNC(=O)C(C)N(CCC)CC1CCCCN1. The van der Waals surface area contributed by atoms with E-state index < -0.39 is 0 Å². The molecule has 110 valence electrons. The minimum Gasteiger partial charge on any atom is -0.351 e. The first kappa shape index (κ1) is 16.2. The molecule has 0 aromatic heterocycles. The third kappa shape index (κ3) is 5.74. The Bertz CT molecular complexity index is 275. The summed E-state index contributed by atoms with van der Waals surface area (Å²) in [5.74, 6) is 0.101. The van der Waals surface area contributed by atoms with Crippen LogP contribution in [0.4, 0.5) is 0 Å². The van der Waals surface area contributed by atoms with Gasteiger partial charge < -0.3 is 10.6 Å². The van der Waals surface area contributed by atoms with Gasteiger partial charge in [-0.3, -0.25) is 9.69 Å². The fraction of sp³-hybridized carbons (Fsp3) is 0.800. The zero-order chi connectivity index (χ0) is 14.1. The Labute approximate surface area is 117 Å². The molecule has 19 heavy (non-hydrogen) atoms. The van der Waals surface area contributed by atoms with E-state index in [2.05, 4.69) is 29.0 Å². The number of amides is 1. The smallest absolute Gasteiger partial charge is 0.237 e. The van der Waals surface area contributed by atoms with Crippen molar-refractivity contribution in [3.05, 3.63) is 12.7 Å². The number of carbonyl (C=O) groups is 1. The summed E-state index contributed by atoms with van der Waals surface area (Å²) in [4.78, 5) is 14.3. The van der Waals surface area contributed by atoms with Crippen LogP contribution < -0.4 is 10.6 Å². The molecule has 1 fully saturated rings. The second-order valence-corrected chi connectivity index (χ2v) is 5.35. The van der Waals surface area contributed by atoms with Crippen molar-refractivity contribution in [3.63, 3.8) is 0 Å². The van der Waals surface area contributed by atoms with Gasteiger partial charge in [0, 0.05) is 19.1 Å². The monoisotopic (exact) mass is 267 g/mol. The molecule has 0 bridgehead atoms. The van der Waals surface area contributed by atoms with Crippen LogP contribution in [0.2, 0.25) is 0 Å². The number of rotatable bonds is 8. The second-order valence-electron chi connectivity index (χ2n) is 5.35. The normalized spacial score (nSPS) is 21.1. The Kier molecular flexibility index (Phi) is 7.75. The largest absolute Gasteiger partial charge is 0.351 e. The molecule has 1 rings (SSSR count). The van der Waals surface area contributed by atoms with Crippen molar-refractivity contribution in [2.45, 2.75) is 51.6 Å². The quantitative estimate of drug-likeness (QED) is 0.656. The third-order valence-corrected chi connectivity index (χ3v) is 3.73. The summed E-state index contributed by atoms with van der Waals surface area (Å²) in [7, 11) is 0. The Morgan fingerprint density at radius 3 is 2.95 bits per heavy atom. The summed E-state index contributed by atoms with van der Waals surface area (Å²) >= 11 is 0. The Balaban J connectivity index is 2.48. The van der Waals surface area contributed by atoms with Gasteiger partial charge in [-0.1, -0.05) is 19.4 Å². The predicted molar refractivity (Wildman–Crippen MR) is 80.2 cm³/mol. The van der Waals surface area contributed by atoms with Gasteiger partial charge in [0.15, 0.2) is 0 Å². The Hall–Kier alpha value is -0.870. The van der Waals surface area contributed by atoms with E-state index in [1.807, 2.05) is 6.92 Å². The fourth-order valence-corrected chi connectivity index (χ4v) is 2.58. The van der Waals surface area contributed by atoms with Crippen LogP contribution in [0.5, 0.6) is 0 Å². The minimum atomic E-state index is -0.0661. The van der Waals surface area contributed by atoms with Gasteiger partial charge in [-0.2, -0.15) is 0 Å². The van der Waals surface area contributed by atoms with E-state index in [-0.39, 0.29) is 11.9 Å². The van der Waals surface area contributed by atoms with Crippen molar-refractivity contribution in [3.8, 4) is 0 Å². The number of carbonyl (C=O) groups excluding carboxylic acids is 1. The van der Waals surface area contributed by atoms with Crippen molar-refractivity contribution in [1.29, 1.82) is 0 Å². The van der Waals surface area contributed by atoms with E-state index in [9.17, 15) is 4.79 Å². The highest BCUT2D eigenvalue weighted by Gasteiger charge is 2.23. The summed E-state index contributed by atoms with van der Waals surface area (Å²) in [6.45, 7) is 11.4. The molecule has 1 saturated heterocycles. The van der Waals surface area contributed by atoms with Gasteiger partial charge in [-0.05, 0) is 39.3 Å². The molecular formula is C15H29N3O. The van der Waals surface area contributed by atoms with Crippen LogP contribution in [0.1, 0.15) is 39.5 Å². The molecule has 2 atom stereocenters. The molecule has 2 N–H and O–H groups in total. The van der Waals surface area contributed by atoms with E-state index in [1.54, 1.807) is 6.08 Å². The van der Waals surface area contributed by atoms with Gasteiger partial charge in [0.05, 0.1) is 6.04 Å². The van der Waals surface area contributed by atoms with Crippen molar-refractivity contribution < 1.29 is 4.79 Å². The van der Waals surface area contributed by atoms with E-state index in [4.69, 9.17) is 0 Å². The van der Waals surface area contributed by atoms with Crippen molar-refractivity contribution >= 4 is 5.91 Å². The first-order chi connectivity index (χ1) is 9.19. The van der Waals surface area contributed by atoms with Crippen LogP contribution in [0, 0.1) is 0 Å². The lowest BCUT2D eigenvalue weighted by Crippen LogP contribution is -2.51. The standard InChI is InChI=1S/C15H29N3O/c1-4-9-17-15(19)13(3)18(11-5-2)12-14-8-6-7-10-16-14/h4,13-14,16H,1,5-12H2,2-3H3,(H,17,19). The van der Waals surface area contributed by atoms with E-state index in [0.29, 0.717) is 12.6 Å². The molecule has 0 spiro atoms. The van der Waals surface area contributed by atoms with Crippen LogP contribution in [-0.4, -0.2) is 49.1 Å². The average molecular weight is 267 g/mol. The summed E-state index contributed by atoms with van der Waals surface area (Å²) in [5.41, 5.74) is 0. The number of nitrogens with zero attached hydrogens (tertiary/aromatic N) is 1. The fourth-order valence-electron chi connectivity index (χ4n) is 2.58. The second kappa shape index (κ2) is 9.10. The van der Waals surface area contributed by atoms with Gasteiger partial charge in [0.25, 0.3) is 0 Å². The molecule has 0 radical (unpaired) electrons. The number of nitrogens with one attached hydrogen (secondary N) is 2. The number of hydrogen-bond acceptors (Lipinski definition) is 3. The van der Waals surface area contributed by atoms with Crippen molar-refractivity contribution in [2.75, 3.05) is 26.2 Å². The molecule has 0 aromatic rings. The van der Waals surface area contributed by atoms with Crippen molar-refractivity contribution in [1.82, 2.24) is 15.5 Å². The molecule has 1 aliphatic rings. The highest BCUT2D eigenvalue weighted by atomic mass is 16.2. The molecule has 1 aliphatic heterocycles. The maximum absolute atomic E-state index is 12.0. The molecule has 4 heteroatoms. The molecular weight excluding hydrogens is 238 g/mol. The van der Waals surface area contributed by atoms with E-state index >= 15 is 0 Å². The summed E-state index contributed by atoms with van der Waals surface area (Å²) in [6, 6.07) is 0.471. The lowest BCUT2D eigenvalue weighted by molar-refractivity contribution is -0.125. The van der Waals surface area contributed by atoms with Gasteiger partial charge in [-0.25, -0.2) is 0 Å². The molecule has 0 saturated carbocycles. The number of hydrogen-bond donors (Lipinski definition) is 2. The zero-order valence-corrected chi connectivity index (χ0v) is 12.5. The van der Waals surface area contributed by atoms with Gasteiger partial charge in [0.2, 0.25) is 5.91 Å². The van der Waals surface area contributed by atoms with Crippen LogP contribution in [0.25, 0.3) is 0 Å². The summed E-state index contributed by atoms with van der Waals surface area (Å²) in [6.07, 6.45) is 6.60. The molecule has 0 aromatic carbocycles. The predicted octanol–water partition coefficient (Wildman–Crippen LogP) is 1.53. The molecule has 4 nitrogen and oxygen atoms in total. The lowest BCUT2D eigenvalue weighted by atomic mass is 10.0. The molecule has 1 heterocycles. The van der Waals surface area contributed by atoms with Crippen molar-refractivity contribution in [2.24, 2.45) is 0 Å². The highest BCUT2D eigenvalue weighted by molar-refractivity contribution is 5.81. The zero-order valence-electron chi connectivity index (χ0n) is 12.5. The van der Waals surface area contributed by atoms with Crippen LogP contribution in [-0.2, 0) is 4.79 Å². The van der Waals surface area contributed by atoms with Crippen LogP contribution >= 0.6 is 0 Å². The topological polar surface area (TPSA) is 44.4 Å². The Morgan fingerprint density at radius 2 is 2.37 bits per heavy atom. The van der Waals surface area contributed by atoms with Crippen LogP contribution in [0.3, 0.4) is 0 Å². The van der Waals surface area contributed by atoms with E-state index in [0.717, 1.165) is 26.1 Å². The Morgan fingerprint density at radius 1 is 1.58 bits per heavy atom. The van der Waals surface area contributed by atoms with Gasteiger partial charge in [0.1, 0.15) is 0 Å². The highest BCUT2D eigenvalue weighted by Crippen LogP contribution is 2.11. The summed E-state index contributed by atoms with van der Waals surface area (Å²) in [5, 5.41) is 6.44. The van der Waals surface area contributed by atoms with Gasteiger partial charge in [-0.15, -0.1) is 6.58 Å². The molecule has 2 unspecified atom stereocenters. The average Bonchev–Trinajstić information content (AvgIpc) is 2.44. The molecule has 0 aliphatic carbocycles. The maximum Gasteiger partial charge on any atom is 0.237 e.